The van der Waals surface area contributed by atoms with Gasteiger partial charge in [0.05, 0.1) is 24.4 Å². The van der Waals surface area contributed by atoms with Crippen LogP contribution >= 0.6 is 0 Å². The standard InChI is InChI=1S/C25H26N4O5/c1-15(23(30)26-13-22-20(24(31)32)12-28-29(22)2)11-27-25(33)34-14-21-18-9-5-3-7-16(18)17-8-4-6-10-19(17)21/h3-10,12,15,21H,11,13-14H2,1-2H3,(H,26,30)(H,27,33)(H,31,32). The Labute approximate surface area is 196 Å². The van der Waals surface area contributed by atoms with E-state index in [1.165, 1.54) is 10.9 Å². The fourth-order valence-corrected chi connectivity index (χ4v) is 4.17. The summed E-state index contributed by atoms with van der Waals surface area (Å²) in [6.45, 7) is 1.96. The summed E-state index contributed by atoms with van der Waals surface area (Å²) >= 11 is 0. The number of carbonyl (C=O) groups excluding carboxylic acids is 2. The molecule has 4 rings (SSSR count). The first kappa shape index (κ1) is 23.0. The third kappa shape index (κ3) is 4.63. The molecular formula is C25H26N4O5. The lowest BCUT2D eigenvalue weighted by molar-refractivity contribution is -0.124. The molecule has 2 aromatic carbocycles. The molecule has 1 unspecified atom stereocenters. The second-order valence-corrected chi connectivity index (χ2v) is 8.26. The zero-order valence-corrected chi connectivity index (χ0v) is 18.9. The second-order valence-electron chi connectivity index (χ2n) is 8.26. The number of nitrogens with zero attached hydrogens (tertiary/aromatic N) is 2. The maximum absolute atomic E-state index is 12.4. The first-order chi connectivity index (χ1) is 16.4. The Morgan fingerprint density at radius 1 is 1.06 bits per heavy atom. The van der Waals surface area contributed by atoms with Gasteiger partial charge in [-0.3, -0.25) is 9.48 Å². The number of ether oxygens (including phenoxy) is 1. The summed E-state index contributed by atoms with van der Waals surface area (Å²) in [6.07, 6.45) is 0.646. The molecule has 0 radical (unpaired) electrons. The smallest absolute Gasteiger partial charge is 0.407 e. The molecule has 3 N–H and O–H groups in total. The molecule has 1 aliphatic carbocycles. The number of nitrogens with one attached hydrogen (secondary N) is 2. The second kappa shape index (κ2) is 9.78. The van der Waals surface area contributed by atoms with Gasteiger partial charge in [-0.15, -0.1) is 0 Å². The van der Waals surface area contributed by atoms with E-state index in [9.17, 15) is 19.5 Å². The average molecular weight is 463 g/mol. The maximum Gasteiger partial charge on any atom is 0.407 e. The van der Waals surface area contributed by atoms with Crippen molar-refractivity contribution in [1.29, 1.82) is 0 Å². The first-order valence-electron chi connectivity index (χ1n) is 11.0. The van der Waals surface area contributed by atoms with Gasteiger partial charge in [0.2, 0.25) is 5.91 Å². The molecule has 1 aliphatic rings. The van der Waals surface area contributed by atoms with Crippen LogP contribution < -0.4 is 10.6 Å². The van der Waals surface area contributed by atoms with Crippen LogP contribution in [0.15, 0.2) is 54.7 Å². The van der Waals surface area contributed by atoms with Gasteiger partial charge in [-0.25, -0.2) is 9.59 Å². The van der Waals surface area contributed by atoms with Crippen molar-refractivity contribution in [2.24, 2.45) is 13.0 Å². The summed E-state index contributed by atoms with van der Waals surface area (Å²) in [5.41, 5.74) is 4.97. The maximum atomic E-state index is 12.4. The third-order valence-electron chi connectivity index (χ3n) is 6.07. The predicted molar refractivity (Wildman–Crippen MR) is 124 cm³/mol. The summed E-state index contributed by atoms with van der Waals surface area (Å²) in [7, 11) is 1.61. The van der Waals surface area contributed by atoms with Gasteiger partial charge in [-0.05, 0) is 22.3 Å². The summed E-state index contributed by atoms with van der Waals surface area (Å²) < 4.78 is 6.89. The third-order valence-corrected chi connectivity index (χ3v) is 6.07. The van der Waals surface area contributed by atoms with E-state index in [1.807, 2.05) is 36.4 Å². The fraction of sp³-hybridized carbons (Fsp3) is 0.280. The van der Waals surface area contributed by atoms with E-state index >= 15 is 0 Å². The SMILES string of the molecule is CC(CNC(=O)OCC1c2ccccc2-c2ccccc21)C(=O)NCc1c(C(=O)O)cnn1C. The summed E-state index contributed by atoms with van der Waals surface area (Å²) in [6, 6.07) is 16.2. The Hall–Kier alpha value is -4.14. The van der Waals surface area contributed by atoms with Crippen LogP contribution in [0.3, 0.4) is 0 Å². The number of aromatic nitrogens is 2. The highest BCUT2D eigenvalue weighted by Crippen LogP contribution is 2.44. The predicted octanol–water partition coefficient (Wildman–Crippen LogP) is 2.91. The Morgan fingerprint density at radius 2 is 1.68 bits per heavy atom. The lowest BCUT2D eigenvalue weighted by atomic mass is 9.98. The van der Waals surface area contributed by atoms with Crippen LogP contribution in [0.5, 0.6) is 0 Å². The largest absolute Gasteiger partial charge is 0.478 e. The average Bonchev–Trinajstić information content (AvgIpc) is 3.37. The van der Waals surface area contributed by atoms with Crippen LogP contribution in [0.1, 0.15) is 40.0 Å². The zero-order valence-electron chi connectivity index (χ0n) is 18.9. The molecule has 0 bridgehead atoms. The highest BCUT2D eigenvalue weighted by atomic mass is 16.5. The fourth-order valence-electron chi connectivity index (χ4n) is 4.17. The number of rotatable bonds is 8. The van der Waals surface area contributed by atoms with E-state index in [0.29, 0.717) is 5.69 Å². The van der Waals surface area contributed by atoms with Gasteiger partial charge in [0.1, 0.15) is 12.2 Å². The molecule has 0 fully saturated rings. The molecule has 0 saturated carbocycles. The number of aromatic carboxylic acids is 1. The van der Waals surface area contributed by atoms with E-state index in [-0.39, 0.29) is 37.1 Å². The monoisotopic (exact) mass is 462 g/mol. The topological polar surface area (TPSA) is 123 Å². The van der Waals surface area contributed by atoms with Gasteiger partial charge < -0.3 is 20.5 Å². The molecule has 1 aromatic heterocycles. The van der Waals surface area contributed by atoms with Gasteiger partial charge in [-0.2, -0.15) is 5.10 Å². The van der Waals surface area contributed by atoms with Crippen molar-refractivity contribution in [3.63, 3.8) is 0 Å². The number of carboxylic acid groups (broad SMARTS) is 1. The molecule has 0 aliphatic heterocycles. The molecule has 0 saturated heterocycles. The van der Waals surface area contributed by atoms with E-state index in [4.69, 9.17) is 4.74 Å². The Bertz CT molecular complexity index is 1190. The lowest BCUT2D eigenvalue weighted by Crippen LogP contribution is -2.38. The van der Waals surface area contributed by atoms with Crippen molar-refractivity contribution in [3.05, 3.63) is 77.1 Å². The molecule has 2 amide bonds. The van der Waals surface area contributed by atoms with Crippen LogP contribution in [0, 0.1) is 5.92 Å². The van der Waals surface area contributed by atoms with Crippen molar-refractivity contribution < 1.29 is 24.2 Å². The minimum atomic E-state index is -1.11. The van der Waals surface area contributed by atoms with E-state index in [0.717, 1.165) is 22.3 Å². The number of benzene rings is 2. The number of aryl methyl sites for hydroxylation is 1. The molecule has 0 spiro atoms. The van der Waals surface area contributed by atoms with Gasteiger partial charge in [0, 0.05) is 19.5 Å². The summed E-state index contributed by atoms with van der Waals surface area (Å²) in [5, 5.41) is 18.4. The Balaban J connectivity index is 1.27. The minimum absolute atomic E-state index is 0.0201. The molecule has 34 heavy (non-hydrogen) atoms. The Morgan fingerprint density at radius 3 is 2.29 bits per heavy atom. The van der Waals surface area contributed by atoms with Crippen molar-refractivity contribution in [3.8, 4) is 11.1 Å². The van der Waals surface area contributed by atoms with Crippen molar-refractivity contribution in [2.45, 2.75) is 19.4 Å². The number of hydrogen-bond acceptors (Lipinski definition) is 5. The van der Waals surface area contributed by atoms with Crippen molar-refractivity contribution in [2.75, 3.05) is 13.2 Å². The number of hydrogen-bond donors (Lipinski definition) is 3. The highest BCUT2D eigenvalue weighted by Gasteiger charge is 2.29. The van der Waals surface area contributed by atoms with Crippen LogP contribution in [-0.2, 0) is 23.1 Å². The normalized spacial score (nSPS) is 13.0. The highest BCUT2D eigenvalue weighted by molar-refractivity contribution is 5.89. The lowest BCUT2D eigenvalue weighted by Gasteiger charge is -2.16. The van der Waals surface area contributed by atoms with E-state index < -0.39 is 18.0 Å². The van der Waals surface area contributed by atoms with Gasteiger partial charge >= 0.3 is 12.1 Å². The summed E-state index contributed by atoms with van der Waals surface area (Å²) in [4.78, 5) is 36.0. The van der Waals surface area contributed by atoms with Crippen LogP contribution in [-0.4, -0.2) is 46.0 Å². The molecule has 9 heteroatoms. The van der Waals surface area contributed by atoms with Crippen LogP contribution in [0.25, 0.3) is 11.1 Å². The van der Waals surface area contributed by atoms with Crippen molar-refractivity contribution >= 4 is 18.0 Å². The quantitative estimate of drug-likeness (QED) is 0.473. The van der Waals surface area contributed by atoms with Crippen LogP contribution in [0.2, 0.25) is 0 Å². The molecular weight excluding hydrogens is 436 g/mol. The number of carbonyl (C=O) groups is 3. The van der Waals surface area contributed by atoms with E-state index in [1.54, 1.807) is 14.0 Å². The van der Waals surface area contributed by atoms with Gasteiger partial charge in [-0.1, -0.05) is 55.5 Å². The zero-order chi connectivity index (χ0) is 24.2. The number of carboxylic acids is 1. The van der Waals surface area contributed by atoms with Crippen LogP contribution in [0.4, 0.5) is 4.79 Å². The number of alkyl carbamates (subject to hydrolysis) is 1. The van der Waals surface area contributed by atoms with Crippen molar-refractivity contribution in [1.82, 2.24) is 20.4 Å². The summed E-state index contributed by atoms with van der Waals surface area (Å²) in [5.74, 6) is -2.01. The van der Waals surface area contributed by atoms with Gasteiger partial charge in [0.25, 0.3) is 0 Å². The number of amides is 2. The van der Waals surface area contributed by atoms with Gasteiger partial charge in [0.15, 0.2) is 0 Å². The molecule has 3 aromatic rings. The molecule has 9 nitrogen and oxygen atoms in total. The Kier molecular flexibility index (Phi) is 6.62. The molecule has 1 atom stereocenters. The molecule has 1 heterocycles. The first-order valence-corrected chi connectivity index (χ1v) is 11.0. The van der Waals surface area contributed by atoms with E-state index in [2.05, 4.69) is 27.9 Å². The molecule has 176 valence electrons. The number of fused-ring (bicyclic) bond motifs is 3. The minimum Gasteiger partial charge on any atom is -0.478 e.